The Morgan fingerprint density at radius 1 is 1.16 bits per heavy atom. The second kappa shape index (κ2) is 11.0. The molecule has 3 fully saturated rings. The molecular weight excluding hydrogens is 579 g/mol. The van der Waals surface area contributed by atoms with Gasteiger partial charge in [-0.2, -0.15) is 10.1 Å². The number of hydrogen-bond acceptors (Lipinski definition) is 7. The fourth-order valence-electron chi connectivity index (χ4n) is 6.89. The van der Waals surface area contributed by atoms with Crippen molar-refractivity contribution in [2.75, 3.05) is 36.0 Å². The Morgan fingerprint density at radius 2 is 1.93 bits per heavy atom. The molecule has 230 valence electrons. The molecule has 0 radical (unpaired) electrons. The Balaban J connectivity index is 1.34. The van der Waals surface area contributed by atoms with E-state index >= 15 is 4.39 Å². The highest BCUT2D eigenvalue weighted by Gasteiger charge is 2.37. The Hall–Kier alpha value is -3.76. The summed E-state index contributed by atoms with van der Waals surface area (Å²) in [6, 6.07) is 6.36. The highest BCUT2D eigenvalue weighted by Crippen LogP contribution is 2.43. The van der Waals surface area contributed by atoms with Gasteiger partial charge in [0.2, 0.25) is 11.9 Å². The van der Waals surface area contributed by atoms with Gasteiger partial charge in [0.25, 0.3) is 0 Å². The molecule has 2 aliphatic heterocycles. The van der Waals surface area contributed by atoms with Crippen molar-refractivity contribution in [2.24, 2.45) is 5.92 Å². The summed E-state index contributed by atoms with van der Waals surface area (Å²) in [5.41, 5.74) is 2.81. The molecule has 1 saturated carbocycles. The SMILES string of the molecule is C=CC(=O)N1C[C@H](C)N(c2nc(N3CC(NC(C)C4CC4)C3)nc3c(F)c(-c4c(C)ccc5cn[nH]c45)c(Cl)cc23)C[C@H]1C. The molecule has 2 aromatic heterocycles. The van der Waals surface area contributed by atoms with E-state index in [2.05, 4.69) is 45.7 Å². The molecule has 2 N–H and O–H groups in total. The van der Waals surface area contributed by atoms with Crippen LogP contribution in [0.1, 0.15) is 39.2 Å². The van der Waals surface area contributed by atoms with Crippen LogP contribution >= 0.6 is 11.6 Å². The van der Waals surface area contributed by atoms with Crippen LogP contribution in [0.3, 0.4) is 0 Å². The first kappa shape index (κ1) is 29.0. The van der Waals surface area contributed by atoms with Crippen molar-refractivity contribution in [1.29, 1.82) is 0 Å². The molecule has 3 aliphatic rings. The minimum atomic E-state index is -0.485. The number of H-pyrrole nitrogens is 1. The Labute approximate surface area is 261 Å². The molecule has 1 aliphatic carbocycles. The summed E-state index contributed by atoms with van der Waals surface area (Å²) >= 11 is 6.95. The zero-order valence-corrected chi connectivity index (χ0v) is 26.3. The van der Waals surface area contributed by atoms with Crippen LogP contribution in [0.25, 0.3) is 32.9 Å². The fourth-order valence-corrected chi connectivity index (χ4v) is 7.18. The standard InChI is InChI=1S/C33H38ClFN8O/c1-6-26(44)42-13-19(4)43(14-18(42)3)32-24-11-25(34)28(27-17(2)7-8-22-12-36-40-30(22)27)29(35)31(24)38-33(39-32)41-15-23(16-41)37-20(5)21-9-10-21/h6-8,11-12,18-21,23,37H,1,9-10,13-16H2,2-5H3,(H,36,40)/t18-,19+,20?/m1/s1. The molecule has 1 unspecified atom stereocenters. The third kappa shape index (κ3) is 4.88. The van der Waals surface area contributed by atoms with Crippen molar-refractivity contribution in [3.8, 4) is 11.1 Å². The molecule has 44 heavy (non-hydrogen) atoms. The van der Waals surface area contributed by atoms with Gasteiger partial charge in [-0.25, -0.2) is 9.37 Å². The van der Waals surface area contributed by atoms with Gasteiger partial charge in [0.05, 0.1) is 16.7 Å². The molecule has 0 spiro atoms. The third-order valence-corrected chi connectivity index (χ3v) is 9.93. The highest BCUT2D eigenvalue weighted by molar-refractivity contribution is 6.35. The maximum Gasteiger partial charge on any atom is 0.246 e. The van der Waals surface area contributed by atoms with Crippen LogP contribution in [0.15, 0.2) is 37.1 Å². The van der Waals surface area contributed by atoms with Crippen molar-refractivity contribution >= 4 is 51.1 Å². The minimum absolute atomic E-state index is 0.0752. The summed E-state index contributed by atoms with van der Waals surface area (Å²) in [4.78, 5) is 28.6. The lowest BCUT2D eigenvalue weighted by atomic mass is 9.96. The Bertz CT molecular complexity index is 1780. The molecule has 4 aromatic rings. The molecule has 3 atom stereocenters. The molecule has 4 heterocycles. The third-order valence-electron chi connectivity index (χ3n) is 9.63. The van der Waals surface area contributed by atoms with Gasteiger partial charge in [0.1, 0.15) is 11.3 Å². The number of nitrogens with one attached hydrogen (secondary N) is 2. The number of halogens is 2. The van der Waals surface area contributed by atoms with E-state index in [1.54, 1.807) is 12.3 Å². The van der Waals surface area contributed by atoms with E-state index in [1.807, 2.05) is 30.9 Å². The second-order valence-corrected chi connectivity index (χ2v) is 13.2. The number of carbonyl (C=O) groups is 1. The van der Waals surface area contributed by atoms with Crippen LogP contribution in [-0.4, -0.2) is 81.3 Å². The number of anilines is 2. The number of carbonyl (C=O) groups excluding carboxylic acids is 1. The van der Waals surface area contributed by atoms with Gasteiger partial charge in [-0.1, -0.05) is 30.3 Å². The zero-order valence-electron chi connectivity index (χ0n) is 25.6. The quantitative estimate of drug-likeness (QED) is 0.266. The van der Waals surface area contributed by atoms with Crippen LogP contribution < -0.4 is 15.1 Å². The number of hydrogen-bond donors (Lipinski definition) is 2. The Morgan fingerprint density at radius 3 is 2.66 bits per heavy atom. The molecule has 0 bridgehead atoms. The average molecular weight is 617 g/mol. The van der Waals surface area contributed by atoms with Crippen molar-refractivity contribution in [1.82, 2.24) is 30.4 Å². The zero-order chi connectivity index (χ0) is 30.9. The van der Waals surface area contributed by atoms with Crippen LogP contribution in [0, 0.1) is 18.7 Å². The smallest absolute Gasteiger partial charge is 0.246 e. The number of rotatable bonds is 7. The number of fused-ring (bicyclic) bond motifs is 2. The molecular formula is C33H38ClFN8O. The summed E-state index contributed by atoms with van der Waals surface area (Å²) in [7, 11) is 0. The van der Waals surface area contributed by atoms with E-state index in [-0.39, 0.29) is 28.5 Å². The van der Waals surface area contributed by atoms with Gasteiger partial charge in [-0.3, -0.25) is 9.89 Å². The van der Waals surface area contributed by atoms with E-state index in [1.165, 1.54) is 18.9 Å². The number of nitrogens with zero attached hydrogens (tertiary/aromatic N) is 6. The number of aromatic amines is 1. The minimum Gasteiger partial charge on any atom is -0.349 e. The number of amides is 1. The van der Waals surface area contributed by atoms with E-state index in [0.717, 1.165) is 35.5 Å². The predicted molar refractivity (Wildman–Crippen MR) is 174 cm³/mol. The Kier molecular flexibility index (Phi) is 7.24. The molecule has 1 amide bonds. The van der Waals surface area contributed by atoms with Gasteiger partial charge in [-0.15, -0.1) is 0 Å². The van der Waals surface area contributed by atoms with E-state index in [9.17, 15) is 4.79 Å². The second-order valence-electron chi connectivity index (χ2n) is 12.8. The maximum absolute atomic E-state index is 17.0. The molecule has 2 aromatic carbocycles. The van der Waals surface area contributed by atoms with Crippen LogP contribution in [0.4, 0.5) is 16.2 Å². The molecule has 11 heteroatoms. The number of benzene rings is 2. The van der Waals surface area contributed by atoms with Gasteiger partial charge in [0, 0.05) is 72.2 Å². The lowest BCUT2D eigenvalue weighted by molar-refractivity contribution is -0.128. The lowest BCUT2D eigenvalue weighted by Crippen LogP contribution is -2.61. The van der Waals surface area contributed by atoms with E-state index < -0.39 is 5.82 Å². The number of piperazine rings is 1. The normalized spacial score (nSPS) is 21.6. The number of aromatic nitrogens is 4. The van der Waals surface area contributed by atoms with E-state index in [4.69, 9.17) is 21.6 Å². The average Bonchev–Trinajstić information content (AvgIpc) is 3.73. The largest absolute Gasteiger partial charge is 0.349 e. The van der Waals surface area contributed by atoms with Crippen molar-refractivity contribution in [3.63, 3.8) is 0 Å². The monoisotopic (exact) mass is 616 g/mol. The van der Waals surface area contributed by atoms with Crippen molar-refractivity contribution in [3.05, 3.63) is 53.5 Å². The van der Waals surface area contributed by atoms with Gasteiger partial charge < -0.3 is 20.0 Å². The first-order chi connectivity index (χ1) is 21.1. The predicted octanol–water partition coefficient (Wildman–Crippen LogP) is 5.46. The summed E-state index contributed by atoms with van der Waals surface area (Å²) in [6.45, 7) is 14.5. The van der Waals surface area contributed by atoms with Crippen LogP contribution in [0.2, 0.25) is 5.02 Å². The van der Waals surface area contributed by atoms with Gasteiger partial charge >= 0.3 is 0 Å². The van der Waals surface area contributed by atoms with Gasteiger partial charge in [0.15, 0.2) is 5.82 Å². The van der Waals surface area contributed by atoms with E-state index in [0.29, 0.717) is 53.5 Å². The summed E-state index contributed by atoms with van der Waals surface area (Å²) in [5, 5.41) is 12.7. The first-order valence-corrected chi connectivity index (χ1v) is 15.9. The summed E-state index contributed by atoms with van der Waals surface area (Å²) in [6.07, 6.45) is 5.66. The van der Waals surface area contributed by atoms with Crippen LogP contribution in [0.5, 0.6) is 0 Å². The fraction of sp³-hybridized carbons (Fsp3) is 0.455. The van der Waals surface area contributed by atoms with Gasteiger partial charge in [-0.05, 0) is 64.2 Å². The maximum atomic E-state index is 17.0. The highest BCUT2D eigenvalue weighted by atomic mass is 35.5. The molecule has 2 saturated heterocycles. The number of aryl methyl sites for hydroxylation is 1. The van der Waals surface area contributed by atoms with Crippen molar-refractivity contribution < 1.29 is 9.18 Å². The summed E-state index contributed by atoms with van der Waals surface area (Å²) < 4.78 is 17.0. The molecule has 7 rings (SSSR count). The topological polar surface area (TPSA) is 93.3 Å². The van der Waals surface area contributed by atoms with Crippen molar-refractivity contribution in [2.45, 2.75) is 64.7 Å². The van der Waals surface area contributed by atoms with Crippen LogP contribution in [-0.2, 0) is 4.79 Å². The summed E-state index contributed by atoms with van der Waals surface area (Å²) in [5.74, 6) is 1.31. The lowest BCUT2D eigenvalue weighted by Gasteiger charge is -2.45. The first-order valence-electron chi connectivity index (χ1n) is 15.5. The molecule has 9 nitrogen and oxygen atoms in total.